The number of piperidine rings is 1. The van der Waals surface area contributed by atoms with Crippen molar-refractivity contribution in [3.63, 3.8) is 0 Å². The molecule has 0 aromatic heterocycles. The highest BCUT2D eigenvalue weighted by molar-refractivity contribution is 5.81. The molecule has 2 saturated heterocycles. The van der Waals surface area contributed by atoms with Crippen molar-refractivity contribution in [3.05, 3.63) is 29.8 Å². The van der Waals surface area contributed by atoms with Gasteiger partial charge in [-0.25, -0.2) is 0 Å². The topological polar surface area (TPSA) is 60.9 Å². The predicted molar refractivity (Wildman–Crippen MR) is 98.0 cm³/mol. The van der Waals surface area contributed by atoms with Gasteiger partial charge in [0.05, 0.1) is 24.1 Å². The minimum Gasteiger partial charge on any atom is -0.481 e. The molecule has 1 amide bonds. The first kappa shape index (κ1) is 20.5. The van der Waals surface area contributed by atoms with Gasteiger partial charge in [0.15, 0.2) is 0 Å². The van der Waals surface area contributed by atoms with E-state index in [0.717, 1.165) is 18.9 Å². The van der Waals surface area contributed by atoms with Gasteiger partial charge in [0.25, 0.3) is 0 Å². The van der Waals surface area contributed by atoms with Gasteiger partial charge in [0, 0.05) is 24.2 Å². The highest BCUT2D eigenvalue weighted by atomic mass is 19.4. The average molecular weight is 398 g/mol. The van der Waals surface area contributed by atoms with Gasteiger partial charge in [-0.05, 0) is 51.3 Å². The smallest absolute Gasteiger partial charge is 0.416 e. The number of halogens is 3. The highest BCUT2D eigenvalue weighted by Gasteiger charge is 2.50. The zero-order chi connectivity index (χ0) is 20.7. The number of carbonyl (C=O) groups excluding carboxylic acids is 1. The summed E-state index contributed by atoms with van der Waals surface area (Å²) >= 11 is 0. The third kappa shape index (κ3) is 3.95. The number of anilines is 1. The molecule has 2 heterocycles. The molecule has 1 aromatic carbocycles. The minimum atomic E-state index is -4.41. The fourth-order valence-electron chi connectivity index (χ4n) is 4.68. The standard InChI is InChI=1S/C20H25F3N2O3/c1-19(2)12-16-15(7-4-10-24(16)17(26)8-9-18(27)28)25(19)14-6-3-5-13(11-14)20(21,22)23/h3,5-6,11,15-16H,4,7-10,12H2,1-2H3,(H,27,28)/t15-,16-/m0/s1. The third-order valence-corrected chi connectivity index (χ3v) is 5.76. The number of benzene rings is 1. The lowest BCUT2D eigenvalue weighted by atomic mass is 9.93. The van der Waals surface area contributed by atoms with Crippen LogP contribution < -0.4 is 4.90 Å². The number of alkyl halides is 3. The molecule has 2 atom stereocenters. The average Bonchev–Trinajstić information content (AvgIpc) is 2.88. The van der Waals surface area contributed by atoms with Crippen LogP contribution in [-0.4, -0.2) is 46.1 Å². The Morgan fingerprint density at radius 2 is 1.93 bits per heavy atom. The van der Waals surface area contributed by atoms with Gasteiger partial charge >= 0.3 is 12.1 Å². The van der Waals surface area contributed by atoms with Crippen LogP contribution in [0.1, 0.15) is 51.5 Å². The van der Waals surface area contributed by atoms with Gasteiger partial charge in [0.2, 0.25) is 5.91 Å². The number of carbonyl (C=O) groups is 2. The second-order valence-electron chi connectivity index (χ2n) is 8.19. The van der Waals surface area contributed by atoms with Crippen LogP contribution in [0.15, 0.2) is 24.3 Å². The van der Waals surface area contributed by atoms with Gasteiger partial charge in [-0.15, -0.1) is 0 Å². The number of aliphatic carboxylic acids is 1. The van der Waals surface area contributed by atoms with Crippen LogP contribution >= 0.6 is 0 Å². The quantitative estimate of drug-likeness (QED) is 0.835. The molecule has 8 heteroatoms. The number of nitrogens with zero attached hydrogens (tertiary/aromatic N) is 2. The van der Waals surface area contributed by atoms with Gasteiger partial charge in [-0.3, -0.25) is 9.59 Å². The zero-order valence-corrected chi connectivity index (χ0v) is 16.0. The zero-order valence-electron chi connectivity index (χ0n) is 16.0. The van der Waals surface area contributed by atoms with E-state index in [1.807, 2.05) is 18.7 Å². The van der Waals surface area contributed by atoms with E-state index < -0.39 is 23.2 Å². The molecule has 2 aliphatic rings. The molecule has 28 heavy (non-hydrogen) atoms. The first-order valence-corrected chi connectivity index (χ1v) is 9.48. The summed E-state index contributed by atoms with van der Waals surface area (Å²) in [5.41, 5.74) is -0.600. The normalized spacial score (nSPS) is 24.2. The van der Waals surface area contributed by atoms with Gasteiger partial charge in [-0.2, -0.15) is 13.2 Å². The highest BCUT2D eigenvalue weighted by Crippen LogP contribution is 2.45. The first-order valence-electron chi connectivity index (χ1n) is 9.48. The first-order chi connectivity index (χ1) is 13.0. The van der Waals surface area contributed by atoms with Gasteiger partial charge in [-0.1, -0.05) is 6.07 Å². The SMILES string of the molecule is CC1(C)C[C@H]2[C@H](CCCN2C(=O)CCC(=O)O)N1c1cccc(C(F)(F)F)c1. The molecule has 5 nitrogen and oxygen atoms in total. The number of hydrogen-bond donors (Lipinski definition) is 1. The Morgan fingerprint density at radius 1 is 1.21 bits per heavy atom. The van der Waals surface area contributed by atoms with Crippen LogP contribution in [0.25, 0.3) is 0 Å². The number of hydrogen-bond acceptors (Lipinski definition) is 3. The van der Waals surface area contributed by atoms with Crippen molar-refractivity contribution >= 4 is 17.6 Å². The van der Waals surface area contributed by atoms with Crippen molar-refractivity contribution in [2.24, 2.45) is 0 Å². The summed E-state index contributed by atoms with van der Waals surface area (Å²) in [6, 6.07) is 5.13. The Balaban J connectivity index is 1.89. The second kappa shape index (κ2) is 7.29. The Morgan fingerprint density at radius 3 is 2.57 bits per heavy atom. The Labute approximate surface area is 162 Å². The number of carboxylic acids is 1. The van der Waals surface area contributed by atoms with E-state index >= 15 is 0 Å². The maximum Gasteiger partial charge on any atom is 0.416 e. The van der Waals surface area contributed by atoms with E-state index in [0.29, 0.717) is 18.7 Å². The Kier molecular flexibility index (Phi) is 5.34. The Bertz CT molecular complexity index is 763. The van der Waals surface area contributed by atoms with E-state index in [9.17, 15) is 22.8 Å². The molecule has 0 radical (unpaired) electrons. The molecule has 0 saturated carbocycles. The van der Waals surface area contributed by atoms with Crippen LogP contribution in [0.3, 0.4) is 0 Å². The van der Waals surface area contributed by atoms with Crippen molar-refractivity contribution in [1.29, 1.82) is 0 Å². The molecular weight excluding hydrogens is 373 g/mol. The van der Waals surface area contributed by atoms with Crippen LogP contribution in [0.5, 0.6) is 0 Å². The van der Waals surface area contributed by atoms with Gasteiger partial charge < -0.3 is 14.9 Å². The molecule has 0 unspecified atom stereocenters. The van der Waals surface area contributed by atoms with Crippen LogP contribution in [0, 0.1) is 0 Å². The van der Waals surface area contributed by atoms with E-state index in [1.165, 1.54) is 12.1 Å². The summed E-state index contributed by atoms with van der Waals surface area (Å²) in [7, 11) is 0. The molecular formula is C20H25F3N2O3. The van der Waals surface area contributed by atoms with Crippen molar-refractivity contribution in [2.45, 2.75) is 69.8 Å². The monoisotopic (exact) mass is 398 g/mol. The summed E-state index contributed by atoms with van der Waals surface area (Å²) in [5.74, 6) is -1.21. The van der Waals surface area contributed by atoms with Crippen LogP contribution in [0.2, 0.25) is 0 Å². The van der Waals surface area contributed by atoms with E-state index in [4.69, 9.17) is 5.11 Å². The maximum atomic E-state index is 13.2. The molecule has 0 aliphatic carbocycles. The number of amides is 1. The number of fused-ring (bicyclic) bond motifs is 1. The van der Waals surface area contributed by atoms with Crippen molar-refractivity contribution in [1.82, 2.24) is 4.90 Å². The summed E-state index contributed by atoms with van der Waals surface area (Å²) in [6.07, 6.45) is -2.52. The summed E-state index contributed by atoms with van der Waals surface area (Å²) in [4.78, 5) is 27.1. The van der Waals surface area contributed by atoms with E-state index in [-0.39, 0.29) is 30.8 Å². The molecule has 154 valence electrons. The van der Waals surface area contributed by atoms with Crippen LogP contribution in [-0.2, 0) is 15.8 Å². The summed E-state index contributed by atoms with van der Waals surface area (Å²) < 4.78 is 39.5. The fourth-order valence-corrected chi connectivity index (χ4v) is 4.68. The van der Waals surface area contributed by atoms with Gasteiger partial charge in [0.1, 0.15) is 0 Å². The predicted octanol–water partition coefficient (Wildman–Crippen LogP) is 3.92. The molecule has 2 aliphatic heterocycles. The molecule has 2 fully saturated rings. The molecule has 0 bridgehead atoms. The third-order valence-electron chi connectivity index (χ3n) is 5.76. The molecule has 1 aromatic rings. The Hall–Kier alpha value is -2.25. The van der Waals surface area contributed by atoms with Crippen LogP contribution in [0.4, 0.5) is 18.9 Å². The maximum absolute atomic E-state index is 13.2. The second-order valence-corrected chi connectivity index (χ2v) is 8.19. The number of rotatable bonds is 4. The molecule has 3 rings (SSSR count). The number of likely N-dealkylation sites (tertiary alicyclic amines) is 1. The summed E-state index contributed by atoms with van der Waals surface area (Å²) in [6.45, 7) is 4.52. The van der Waals surface area contributed by atoms with E-state index in [2.05, 4.69) is 0 Å². The number of carboxylic acid groups (broad SMARTS) is 1. The lowest BCUT2D eigenvalue weighted by Crippen LogP contribution is -2.53. The molecule has 1 N–H and O–H groups in total. The van der Waals surface area contributed by atoms with E-state index in [1.54, 1.807) is 11.0 Å². The summed E-state index contributed by atoms with van der Waals surface area (Å²) in [5, 5.41) is 8.84. The van der Waals surface area contributed by atoms with Crippen molar-refractivity contribution in [3.8, 4) is 0 Å². The lowest BCUT2D eigenvalue weighted by molar-refractivity contribution is -0.142. The van der Waals surface area contributed by atoms with Crippen molar-refractivity contribution < 1.29 is 27.9 Å². The van der Waals surface area contributed by atoms with Crippen molar-refractivity contribution in [2.75, 3.05) is 11.4 Å². The largest absolute Gasteiger partial charge is 0.481 e. The molecule has 0 spiro atoms. The minimum absolute atomic E-state index is 0.0530. The lowest BCUT2D eigenvalue weighted by Gasteiger charge is -2.42. The fraction of sp³-hybridized carbons (Fsp3) is 0.600.